The molecule has 0 bridgehead atoms. The zero-order valence-electron chi connectivity index (χ0n) is 9.39. The van der Waals surface area contributed by atoms with E-state index in [2.05, 4.69) is 0 Å². The summed E-state index contributed by atoms with van der Waals surface area (Å²) >= 11 is 0. The molecule has 2 saturated heterocycles. The molecule has 0 radical (unpaired) electrons. The highest BCUT2D eigenvalue weighted by atomic mass is 16.5. The van der Waals surface area contributed by atoms with Crippen LogP contribution in [0, 0.1) is 11.8 Å². The van der Waals surface area contributed by atoms with E-state index in [0.29, 0.717) is 19.7 Å². The number of likely N-dealkylation sites (tertiary alicyclic amines) is 1. The molecule has 5 nitrogen and oxygen atoms in total. The van der Waals surface area contributed by atoms with E-state index in [1.54, 1.807) is 4.90 Å². The maximum atomic E-state index is 11.9. The standard InChI is InChI=1S/C11H17NO4/c1-7-2-9(6-16-7)11(15)12-4-8(5-12)3-10(13)14/h7-9H,2-6H2,1H3,(H,13,14). The summed E-state index contributed by atoms with van der Waals surface area (Å²) in [6.45, 7) is 3.67. The van der Waals surface area contributed by atoms with Gasteiger partial charge in [0.2, 0.25) is 5.91 Å². The van der Waals surface area contributed by atoms with Gasteiger partial charge in [-0.15, -0.1) is 0 Å². The Labute approximate surface area is 94.4 Å². The molecule has 0 saturated carbocycles. The Kier molecular flexibility index (Phi) is 3.14. The molecule has 0 aromatic heterocycles. The summed E-state index contributed by atoms with van der Waals surface area (Å²) < 4.78 is 5.36. The lowest BCUT2D eigenvalue weighted by atomic mass is 9.93. The molecule has 2 atom stereocenters. The number of rotatable bonds is 3. The lowest BCUT2D eigenvalue weighted by Crippen LogP contribution is -2.52. The first kappa shape index (κ1) is 11.4. The van der Waals surface area contributed by atoms with Crippen LogP contribution in [0.25, 0.3) is 0 Å². The first-order valence-corrected chi connectivity index (χ1v) is 5.68. The van der Waals surface area contributed by atoms with Crippen molar-refractivity contribution < 1.29 is 19.4 Å². The molecule has 90 valence electrons. The van der Waals surface area contributed by atoms with Gasteiger partial charge >= 0.3 is 5.97 Å². The average molecular weight is 227 g/mol. The molecule has 16 heavy (non-hydrogen) atoms. The van der Waals surface area contributed by atoms with Crippen LogP contribution >= 0.6 is 0 Å². The van der Waals surface area contributed by atoms with Gasteiger partial charge in [-0.05, 0) is 13.3 Å². The van der Waals surface area contributed by atoms with Crippen LogP contribution in [-0.2, 0) is 14.3 Å². The molecule has 2 aliphatic rings. The van der Waals surface area contributed by atoms with Gasteiger partial charge in [0.15, 0.2) is 0 Å². The van der Waals surface area contributed by atoms with E-state index in [1.807, 2.05) is 6.92 Å². The third-order valence-electron chi connectivity index (χ3n) is 3.28. The van der Waals surface area contributed by atoms with Crippen molar-refractivity contribution in [3.8, 4) is 0 Å². The second kappa shape index (κ2) is 4.41. The second-order valence-corrected chi connectivity index (χ2v) is 4.78. The predicted molar refractivity (Wildman–Crippen MR) is 55.8 cm³/mol. The zero-order valence-corrected chi connectivity index (χ0v) is 9.39. The first-order valence-electron chi connectivity index (χ1n) is 5.68. The molecule has 0 aliphatic carbocycles. The van der Waals surface area contributed by atoms with Crippen LogP contribution in [-0.4, -0.2) is 47.7 Å². The Balaban J connectivity index is 1.75. The van der Waals surface area contributed by atoms with Gasteiger partial charge < -0.3 is 14.7 Å². The monoisotopic (exact) mass is 227 g/mol. The Morgan fingerprint density at radius 1 is 1.44 bits per heavy atom. The van der Waals surface area contributed by atoms with E-state index >= 15 is 0 Å². The summed E-state index contributed by atoms with van der Waals surface area (Å²) in [5.74, 6) is -0.525. The van der Waals surface area contributed by atoms with Gasteiger partial charge in [-0.3, -0.25) is 9.59 Å². The minimum absolute atomic E-state index is 0.0132. The fraction of sp³-hybridized carbons (Fsp3) is 0.818. The Morgan fingerprint density at radius 2 is 2.12 bits per heavy atom. The zero-order chi connectivity index (χ0) is 11.7. The highest BCUT2D eigenvalue weighted by Gasteiger charge is 2.37. The molecule has 2 heterocycles. The van der Waals surface area contributed by atoms with Crippen molar-refractivity contribution in [1.29, 1.82) is 0 Å². The van der Waals surface area contributed by atoms with Crippen LogP contribution in [0.3, 0.4) is 0 Å². The van der Waals surface area contributed by atoms with Crippen LogP contribution in [0.1, 0.15) is 19.8 Å². The van der Waals surface area contributed by atoms with Gasteiger partial charge in [-0.1, -0.05) is 0 Å². The van der Waals surface area contributed by atoms with Gasteiger partial charge in [0.1, 0.15) is 0 Å². The SMILES string of the molecule is CC1CC(C(=O)N2CC(CC(=O)O)C2)CO1. The lowest BCUT2D eigenvalue weighted by Gasteiger charge is -2.39. The van der Waals surface area contributed by atoms with E-state index in [0.717, 1.165) is 6.42 Å². The number of hydrogen-bond acceptors (Lipinski definition) is 3. The summed E-state index contributed by atoms with van der Waals surface area (Å²) in [5, 5.41) is 8.60. The Hall–Kier alpha value is -1.10. The number of carbonyl (C=O) groups excluding carboxylic acids is 1. The first-order chi connectivity index (χ1) is 7.56. The molecule has 2 unspecified atom stereocenters. The minimum Gasteiger partial charge on any atom is -0.481 e. The van der Waals surface area contributed by atoms with E-state index in [-0.39, 0.29) is 30.3 Å². The molecular formula is C11H17NO4. The largest absolute Gasteiger partial charge is 0.481 e. The molecule has 0 spiro atoms. The fourth-order valence-corrected chi connectivity index (χ4v) is 2.37. The van der Waals surface area contributed by atoms with Crippen molar-refractivity contribution in [2.45, 2.75) is 25.9 Å². The quantitative estimate of drug-likeness (QED) is 0.755. The smallest absolute Gasteiger partial charge is 0.303 e. The van der Waals surface area contributed by atoms with Crippen molar-refractivity contribution in [2.75, 3.05) is 19.7 Å². The van der Waals surface area contributed by atoms with Crippen molar-refractivity contribution in [3.05, 3.63) is 0 Å². The number of aliphatic carboxylic acids is 1. The van der Waals surface area contributed by atoms with Crippen molar-refractivity contribution in [3.63, 3.8) is 0 Å². The molecule has 5 heteroatoms. The topological polar surface area (TPSA) is 66.8 Å². The molecule has 1 amide bonds. The third-order valence-corrected chi connectivity index (χ3v) is 3.28. The van der Waals surface area contributed by atoms with Crippen molar-refractivity contribution in [1.82, 2.24) is 4.90 Å². The summed E-state index contributed by atoms with van der Waals surface area (Å²) in [6, 6.07) is 0. The minimum atomic E-state index is -0.782. The maximum Gasteiger partial charge on any atom is 0.303 e. The van der Waals surface area contributed by atoms with Gasteiger partial charge in [-0.2, -0.15) is 0 Å². The fourth-order valence-electron chi connectivity index (χ4n) is 2.37. The second-order valence-electron chi connectivity index (χ2n) is 4.78. The van der Waals surface area contributed by atoms with Crippen LogP contribution in [0.5, 0.6) is 0 Å². The van der Waals surface area contributed by atoms with Gasteiger partial charge in [0.05, 0.1) is 25.0 Å². The predicted octanol–water partition coefficient (Wildman–Crippen LogP) is 0.344. The summed E-state index contributed by atoms with van der Waals surface area (Å²) in [4.78, 5) is 24.1. The molecule has 2 fully saturated rings. The molecule has 2 aliphatic heterocycles. The van der Waals surface area contributed by atoms with Gasteiger partial charge in [0, 0.05) is 19.0 Å². The molecular weight excluding hydrogens is 210 g/mol. The number of carboxylic acid groups (broad SMARTS) is 1. The van der Waals surface area contributed by atoms with Gasteiger partial charge in [0.25, 0.3) is 0 Å². The highest BCUT2D eigenvalue weighted by Crippen LogP contribution is 2.26. The average Bonchev–Trinajstić information content (AvgIpc) is 2.56. The number of amides is 1. The Morgan fingerprint density at radius 3 is 2.62 bits per heavy atom. The van der Waals surface area contributed by atoms with E-state index in [1.165, 1.54) is 0 Å². The van der Waals surface area contributed by atoms with Crippen LogP contribution in [0.15, 0.2) is 0 Å². The number of ether oxygens (including phenoxy) is 1. The number of hydrogen-bond donors (Lipinski definition) is 1. The van der Waals surface area contributed by atoms with Gasteiger partial charge in [-0.25, -0.2) is 0 Å². The van der Waals surface area contributed by atoms with Crippen LogP contribution in [0.2, 0.25) is 0 Å². The van der Waals surface area contributed by atoms with E-state index < -0.39 is 5.97 Å². The molecule has 1 N–H and O–H groups in total. The highest BCUT2D eigenvalue weighted by molar-refractivity contribution is 5.80. The van der Waals surface area contributed by atoms with Crippen molar-refractivity contribution >= 4 is 11.9 Å². The number of nitrogens with zero attached hydrogens (tertiary/aromatic N) is 1. The normalized spacial score (nSPS) is 30.2. The Bertz CT molecular complexity index is 298. The van der Waals surface area contributed by atoms with Crippen molar-refractivity contribution in [2.24, 2.45) is 11.8 Å². The van der Waals surface area contributed by atoms with Crippen LogP contribution in [0.4, 0.5) is 0 Å². The van der Waals surface area contributed by atoms with E-state index in [9.17, 15) is 9.59 Å². The molecule has 0 aromatic rings. The molecule has 0 aromatic carbocycles. The number of carboxylic acids is 1. The summed E-state index contributed by atoms with van der Waals surface area (Å²) in [5.41, 5.74) is 0. The number of carbonyl (C=O) groups is 2. The van der Waals surface area contributed by atoms with E-state index in [4.69, 9.17) is 9.84 Å². The maximum absolute atomic E-state index is 11.9. The molecule has 2 rings (SSSR count). The third kappa shape index (κ3) is 2.35. The summed E-state index contributed by atoms with van der Waals surface area (Å²) in [7, 11) is 0. The lowest BCUT2D eigenvalue weighted by molar-refractivity contribution is -0.147. The van der Waals surface area contributed by atoms with Crippen LogP contribution < -0.4 is 0 Å². The summed E-state index contributed by atoms with van der Waals surface area (Å²) in [6.07, 6.45) is 1.13.